The van der Waals surface area contributed by atoms with E-state index < -0.39 is 5.95 Å². The van der Waals surface area contributed by atoms with Gasteiger partial charge in [-0.2, -0.15) is 9.65 Å². The summed E-state index contributed by atoms with van der Waals surface area (Å²) in [5.74, 6) is 1.50. The molecule has 0 aliphatic heterocycles. The summed E-state index contributed by atoms with van der Waals surface area (Å²) in [4.78, 5) is 21.4. The van der Waals surface area contributed by atoms with E-state index in [0.717, 1.165) is 17.2 Å². The minimum absolute atomic E-state index is 0.403. The molecule has 130 valence electrons. The first-order chi connectivity index (χ1) is 12.0. The number of aryl methyl sites for hydroxylation is 6. The number of nitriles is 1. The summed E-state index contributed by atoms with van der Waals surface area (Å²) in [5, 5.41) is 9.34. The second-order valence-corrected chi connectivity index (χ2v) is 6.17. The number of hydrogen-bond acceptors (Lipinski definition) is 4. The zero-order valence-electron chi connectivity index (χ0n) is 13.9. The summed E-state index contributed by atoms with van der Waals surface area (Å²) in [6.07, 6.45) is 2.20. The van der Waals surface area contributed by atoms with E-state index in [1.165, 1.54) is 0 Å². The molecular formula is C16H17ClFN7. The highest BCUT2D eigenvalue weighted by Crippen LogP contribution is 2.17. The van der Waals surface area contributed by atoms with Crippen molar-refractivity contribution in [1.82, 2.24) is 29.9 Å². The van der Waals surface area contributed by atoms with Gasteiger partial charge in [0.25, 0.3) is 0 Å². The highest BCUT2D eigenvalue weighted by Gasteiger charge is 2.13. The van der Waals surface area contributed by atoms with E-state index in [2.05, 4.69) is 29.9 Å². The fourth-order valence-corrected chi connectivity index (χ4v) is 2.88. The molecule has 0 bridgehead atoms. The summed E-state index contributed by atoms with van der Waals surface area (Å²) >= 11 is 6.17. The largest absolute Gasteiger partial charge is 0.345 e. The van der Waals surface area contributed by atoms with Crippen LogP contribution < -0.4 is 0 Å². The van der Waals surface area contributed by atoms with Crippen LogP contribution in [0.2, 0.25) is 5.15 Å². The minimum atomic E-state index is -0.475. The van der Waals surface area contributed by atoms with Crippen LogP contribution in [0.4, 0.5) is 4.39 Å². The van der Waals surface area contributed by atoms with Crippen molar-refractivity contribution in [3.05, 3.63) is 51.3 Å². The van der Waals surface area contributed by atoms with Gasteiger partial charge in [-0.3, -0.25) is 0 Å². The smallest absolute Gasteiger partial charge is 0.234 e. The van der Waals surface area contributed by atoms with Crippen molar-refractivity contribution < 1.29 is 4.39 Å². The van der Waals surface area contributed by atoms with E-state index in [1.807, 2.05) is 13.0 Å². The molecular weight excluding hydrogens is 345 g/mol. The SMILES string of the molecule is Cc1nc(F)c(CCc2nc(Cl)c(CCc3nc(C#N)c(C)[nH]3)[nH]2)[nH]1. The van der Waals surface area contributed by atoms with Crippen molar-refractivity contribution in [2.24, 2.45) is 0 Å². The molecule has 9 heteroatoms. The molecule has 25 heavy (non-hydrogen) atoms. The van der Waals surface area contributed by atoms with Gasteiger partial charge in [-0.1, -0.05) is 11.6 Å². The average Bonchev–Trinajstić information content (AvgIpc) is 3.20. The van der Waals surface area contributed by atoms with Crippen LogP contribution in [0.15, 0.2) is 0 Å². The van der Waals surface area contributed by atoms with Gasteiger partial charge in [0.1, 0.15) is 28.7 Å². The maximum Gasteiger partial charge on any atom is 0.234 e. The third kappa shape index (κ3) is 3.88. The summed E-state index contributed by atoms with van der Waals surface area (Å²) in [6, 6.07) is 2.04. The number of nitrogens with zero attached hydrogens (tertiary/aromatic N) is 4. The normalized spacial score (nSPS) is 11.0. The topological polar surface area (TPSA) is 110 Å². The Kier molecular flexibility index (Phi) is 4.86. The maximum atomic E-state index is 13.5. The number of rotatable bonds is 6. The van der Waals surface area contributed by atoms with Gasteiger partial charge in [-0.25, -0.2) is 15.0 Å². The molecule has 0 unspecified atom stereocenters. The number of halogens is 2. The third-order valence-electron chi connectivity index (χ3n) is 3.89. The van der Waals surface area contributed by atoms with Crippen molar-refractivity contribution in [2.45, 2.75) is 39.5 Å². The number of aromatic nitrogens is 6. The first kappa shape index (κ1) is 17.2. The van der Waals surface area contributed by atoms with E-state index in [-0.39, 0.29) is 0 Å². The number of H-pyrrole nitrogens is 3. The highest BCUT2D eigenvalue weighted by molar-refractivity contribution is 6.30. The Hall–Kier alpha value is -2.66. The first-order valence-electron chi connectivity index (χ1n) is 7.86. The van der Waals surface area contributed by atoms with Crippen molar-refractivity contribution in [2.75, 3.05) is 0 Å². The summed E-state index contributed by atoms with van der Waals surface area (Å²) in [7, 11) is 0. The van der Waals surface area contributed by atoms with Gasteiger partial charge in [-0.05, 0) is 26.7 Å². The molecule has 3 rings (SSSR count). The van der Waals surface area contributed by atoms with Crippen LogP contribution in [0.3, 0.4) is 0 Å². The second-order valence-electron chi connectivity index (χ2n) is 5.81. The maximum absolute atomic E-state index is 13.5. The Morgan fingerprint density at radius 2 is 1.64 bits per heavy atom. The molecule has 0 saturated heterocycles. The predicted molar refractivity (Wildman–Crippen MR) is 89.7 cm³/mol. The summed E-state index contributed by atoms with van der Waals surface area (Å²) in [5.41, 5.74) is 2.42. The van der Waals surface area contributed by atoms with Gasteiger partial charge in [-0.15, -0.1) is 0 Å². The van der Waals surface area contributed by atoms with Gasteiger partial charge in [0, 0.05) is 18.5 Å². The Labute approximate surface area is 148 Å². The Morgan fingerprint density at radius 3 is 2.24 bits per heavy atom. The molecule has 0 atom stereocenters. The van der Waals surface area contributed by atoms with Crippen LogP contribution in [0, 0.1) is 31.1 Å². The molecule has 3 heterocycles. The number of imidazole rings is 3. The molecule has 0 amide bonds. The van der Waals surface area contributed by atoms with E-state index in [1.54, 1.807) is 6.92 Å². The molecule has 0 radical (unpaired) electrons. The lowest BCUT2D eigenvalue weighted by molar-refractivity contribution is 0.570. The zero-order valence-corrected chi connectivity index (χ0v) is 14.6. The molecule has 0 aliphatic rings. The molecule has 7 nitrogen and oxygen atoms in total. The number of nitrogens with one attached hydrogen (secondary N) is 3. The van der Waals surface area contributed by atoms with Gasteiger partial charge in [0.15, 0.2) is 5.69 Å². The van der Waals surface area contributed by atoms with Crippen LogP contribution in [-0.2, 0) is 25.7 Å². The molecule has 0 fully saturated rings. The monoisotopic (exact) mass is 361 g/mol. The molecule has 0 aromatic carbocycles. The van der Waals surface area contributed by atoms with Crippen LogP contribution in [0.25, 0.3) is 0 Å². The zero-order chi connectivity index (χ0) is 18.0. The molecule has 0 saturated carbocycles. The van der Waals surface area contributed by atoms with E-state index in [4.69, 9.17) is 16.9 Å². The Bertz CT molecular complexity index is 931. The molecule has 3 N–H and O–H groups in total. The lowest BCUT2D eigenvalue weighted by Gasteiger charge is -1.97. The Morgan fingerprint density at radius 1 is 0.960 bits per heavy atom. The van der Waals surface area contributed by atoms with Gasteiger partial charge in [0.05, 0.1) is 11.4 Å². The van der Waals surface area contributed by atoms with Gasteiger partial charge < -0.3 is 15.0 Å². The van der Waals surface area contributed by atoms with Gasteiger partial charge in [0.2, 0.25) is 5.95 Å². The van der Waals surface area contributed by atoms with Crippen molar-refractivity contribution >= 4 is 11.6 Å². The number of aromatic amines is 3. The molecule has 3 aromatic rings. The lowest BCUT2D eigenvalue weighted by atomic mass is 10.2. The quantitative estimate of drug-likeness (QED) is 0.626. The van der Waals surface area contributed by atoms with E-state index in [0.29, 0.717) is 53.9 Å². The second kappa shape index (κ2) is 7.07. The predicted octanol–water partition coefficient (Wildman–Crippen LogP) is 2.71. The van der Waals surface area contributed by atoms with Crippen molar-refractivity contribution in [3.63, 3.8) is 0 Å². The van der Waals surface area contributed by atoms with Crippen LogP contribution in [-0.4, -0.2) is 29.9 Å². The van der Waals surface area contributed by atoms with E-state index in [9.17, 15) is 4.39 Å². The van der Waals surface area contributed by atoms with E-state index >= 15 is 0 Å². The van der Waals surface area contributed by atoms with Crippen molar-refractivity contribution in [1.29, 1.82) is 5.26 Å². The summed E-state index contributed by atoms with van der Waals surface area (Å²) in [6.45, 7) is 3.52. The van der Waals surface area contributed by atoms with Crippen LogP contribution >= 0.6 is 11.6 Å². The lowest BCUT2D eigenvalue weighted by Crippen LogP contribution is -1.98. The molecule has 3 aromatic heterocycles. The third-order valence-corrected chi connectivity index (χ3v) is 4.20. The standard InChI is InChI=1S/C16H17ClFN7/c1-8-12(7-19)24-13(20-8)5-3-10-15(17)25-14(23-10)6-4-11-16(18)22-9(2)21-11/h3-6H2,1-2H3,(H,20,24)(H,21,22)(H,23,25). The van der Waals surface area contributed by atoms with Crippen molar-refractivity contribution in [3.8, 4) is 6.07 Å². The average molecular weight is 362 g/mol. The fourth-order valence-electron chi connectivity index (χ4n) is 2.64. The van der Waals surface area contributed by atoms with Crippen LogP contribution in [0.5, 0.6) is 0 Å². The molecule has 0 spiro atoms. The Balaban J connectivity index is 1.62. The highest BCUT2D eigenvalue weighted by atomic mass is 35.5. The summed E-state index contributed by atoms with van der Waals surface area (Å²) < 4.78 is 13.5. The molecule has 0 aliphatic carbocycles. The number of hydrogen-bond donors (Lipinski definition) is 3. The van der Waals surface area contributed by atoms with Gasteiger partial charge >= 0.3 is 0 Å². The minimum Gasteiger partial charge on any atom is -0.345 e. The fraction of sp³-hybridized carbons (Fsp3) is 0.375. The van der Waals surface area contributed by atoms with Crippen LogP contribution in [0.1, 0.15) is 40.2 Å². The first-order valence-corrected chi connectivity index (χ1v) is 8.24.